The van der Waals surface area contributed by atoms with E-state index in [1.54, 1.807) is 0 Å². The first-order valence-corrected chi connectivity index (χ1v) is 7.95. The third-order valence-electron chi connectivity index (χ3n) is 4.34. The number of nitrogens with zero attached hydrogens (tertiary/aromatic N) is 5. The van der Waals surface area contributed by atoms with E-state index < -0.39 is 0 Å². The van der Waals surface area contributed by atoms with Crippen LogP contribution in [-0.2, 0) is 9.47 Å². The molecule has 0 bridgehead atoms. The first-order chi connectivity index (χ1) is 10.8. The maximum Gasteiger partial charge on any atom is 0.198 e. The number of aromatic nitrogens is 4. The predicted octanol–water partition coefficient (Wildman–Crippen LogP) is -0.887. The number of rotatable bonds is 2. The summed E-state index contributed by atoms with van der Waals surface area (Å²) in [7, 11) is 2.00. The molecule has 0 N–H and O–H groups in total. The van der Waals surface area contributed by atoms with Crippen molar-refractivity contribution < 1.29 is 9.47 Å². The SMILES string of the molecule is Bc1cn2nc(C3CCOCC3)nc2c(N2CCOCC2)n1. The Hall–Kier alpha value is -1.67. The van der Waals surface area contributed by atoms with Crippen LogP contribution in [0.2, 0.25) is 0 Å². The second-order valence-corrected chi connectivity index (χ2v) is 5.93. The van der Waals surface area contributed by atoms with Crippen LogP contribution in [0.15, 0.2) is 6.20 Å². The summed E-state index contributed by atoms with van der Waals surface area (Å²) >= 11 is 0. The minimum atomic E-state index is 0.395. The molecule has 2 saturated heterocycles. The van der Waals surface area contributed by atoms with Crippen molar-refractivity contribution >= 4 is 24.9 Å². The van der Waals surface area contributed by atoms with Gasteiger partial charge in [0.15, 0.2) is 25.1 Å². The van der Waals surface area contributed by atoms with Crippen molar-refractivity contribution in [3.05, 3.63) is 12.0 Å². The van der Waals surface area contributed by atoms with Crippen LogP contribution < -0.4 is 10.5 Å². The quantitative estimate of drug-likeness (QED) is 0.671. The third-order valence-corrected chi connectivity index (χ3v) is 4.34. The second kappa shape index (κ2) is 5.85. The molecule has 0 saturated carbocycles. The molecule has 0 aromatic carbocycles. The van der Waals surface area contributed by atoms with Crippen LogP contribution in [0.3, 0.4) is 0 Å². The lowest BCUT2D eigenvalue weighted by molar-refractivity contribution is 0.0836. The van der Waals surface area contributed by atoms with Crippen molar-refractivity contribution in [1.82, 2.24) is 19.6 Å². The summed E-state index contributed by atoms with van der Waals surface area (Å²) in [6.45, 7) is 4.78. The molecule has 0 unspecified atom stereocenters. The smallest absolute Gasteiger partial charge is 0.198 e. The van der Waals surface area contributed by atoms with Gasteiger partial charge in [-0.25, -0.2) is 14.5 Å². The maximum atomic E-state index is 5.44. The predicted molar refractivity (Wildman–Crippen MR) is 84.8 cm³/mol. The Balaban J connectivity index is 1.73. The highest BCUT2D eigenvalue weighted by Gasteiger charge is 2.23. The Morgan fingerprint density at radius 1 is 1.05 bits per heavy atom. The minimum absolute atomic E-state index is 0.395. The molecule has 0 amide bonds. The fraction of sp³-hybridized carbons (Fsp3) is 0.643. The van der Waals surface area contributed by atoms with Gasteiger partial charge in [0.05, 0.1) is 13.2 Å². The van der Waals surface area contributed by atoms with Crippen LogP contribution in [0.1, 0.15) is 24.6 Å². The molecule has 2 aliphatic rings. The van der Waals surface area contributed by atoms with E-state index in [0.717, 1.165) is 75.2 Å². The highest BCUT2D eigenvalue weighted by atomic mass is 16.5. The molecule has 4 rings (SSSR count). The first-order valence-electron chi connectivity index (χ1n) is 7.95. The Bertz CT molecular complexity index is 665. The lowest BCUT2D eigenvalue weighted by Crippen LogP contribution is -2.38. The van der Waals surface area contributed by atoms with Crippen molar-refractivity contribution in [1.29, 1.82) is 0 Å². The number of ether oxygens (including phenoxy) is 2. The molecule has 0 spiro atoms. The van der Waals surface area contributed by atoms with E-state index in [2.05, 4.69) is 4.90 Å². The largest absolute Gasteiger partial charge is 0.381 e. The van der Waals surface area contributed by atoms with Gasteiger partial charge in [-0.3, -0.25) is 0 Å². The summed E-state index contributed by atoms with van der Waals surface area (Å²) in [5, 5.41) is 4.70. The van der Waals surface area contributed by atoms with Gasteiger partial charge in [0.2, 0.25) is 0 Å². The van der Waals surface area contributed by atoms with Crippen LogP contribution in [0.5, 0.6) is 0 Å². The van der Waals surface area contributed by atoms with Gasteiger partial charge >= 0.3 is 0 Å². The average molecular weight is 301 g/mol. The zero-order chi connectivity index (χ0) is 14.9. The van der Waals surface area contributed by atoms with E-state index in [9.17, 15) is 0 Å². The molecule has 8 heteroatoms. The molecule has 2 aromatic heterocycles. The minimum Gasteiger partial charge on any atom is -0.381 e. The van der Waals surface area contributed by atoms with Gasteiger partial charge in [-0.15, -0.1) is 0 Å². The monoisotopic (exact) mass is 301 g/mol. The first kappa shape index (κ1) is 14.0. The summed E-state index contributed by atoms with van der Waals surface area (Å²) < 4.78 is 12.8. The van der Waals surface area contributed by atoms with E-state index in [1.165, 1.54) is 0 Å². The lowest BCUT2D eigenvalue weighted by Gasteiger charge is -2.27. The topological polar surface area (TPSA) is 64.8 Å². The third kappa shape index (κ3) is 2.57. The molecule has 0 aliphatic carbocycles. The van der Waals surface area contributed by atoms with Gasteiger partial charge in [-0.1, -0.05) is 0 Å². The average Bonchev–Trinajstić information content (AvgIpc) is 2.99. The number of hydrogen-bond donors (Lipinski definition) is 0. The van der Waals surface area contributed by atoms with Crippen molar-refractivity contribution in [2.75, 3.05) is 44.4 Å². The molecule has 4 heterocycles. The van der Waals surface area contributed by atoms with Gasteiger partial charge in [0, 0.05) is 44.0 Å². The Kier molecular flexibility index (Phi) is 3.71. The molecule has 0 atom stereocenters. The summed E-state index contributed by atoms with van der Waals surface area (Å²) in [6.07, 6.45) is 3.95. The molecular weight excluding hydrogens is 281 g/mol. The summed E-state index contributed by atoms with van der Waals surface area (Å²) in [5.74, 6) is 2.24. The molecule has 116 valence electrons. The highest BCUT2D eigenvalue weighted by molar-refractivity contribution is 6.30. The fourth-order valence-electron chi connectivity index (χ4n) is 3.12. The summed E-state index contributed by atoms with van der Waals surface area (Å²) in [6, 6.07) is 0. The van der Waals surface area contributed by atoms with Gasteiger partial charge in [0.1, 0.15) is 0 Å². The zero-order valence-electron chi connectivity index (χ0n) is 12.9. The van der Waals surface area contributed by atoms with E-state index in [-0.39, 0.29) is 0 Å². The lowest BCUT2D eigenvalue weighted by atomic mass is 10.00. The van der Waals surface area contributed by atoms with Crippen LogP contribution in [0, 0.1) is 0 Å². The number of fused-ring (bicyclic) bond motifs is 1. The standard InChI is InChI=1S/C14H20BN5O2/c15-11-9-20-14(13(16-11)19-3-7-22-8-4-19)17-12(18-20)10-1-5-21-6-2-10/h9-10H,1-8,15H2. The van der Waals surface area contributed by atoms with Gasteiger partial charge in [-0.2, -0.15) is 5.10 Å². The van der Waals surface area contributed by atoms with E-state index >= 15 is 0 Å². The Labute approximate surface area is 130 Å². The Morgan fingerprint density at radius 2 is 1.77 bits per heavy atom. The molecule has 7 nitrogen and oxygen atoms in total. The Morgan fingerprint density at radius 3 is 2.55 bits per heavy atom. The summed E-state index contributed by atoms with van der Waals surface area (Å²) in [5.41, 5.74) is 1.81. The van der Waals surface area contributed by atoms with Crippen LogP contribution in [0.4, 0.5) is 5.82 Å². The molecule has 0 radical (unpaired) electrons. The molecule has 2 fully saturated rings. The van der Waals surface area contributed by atoms with E-state index in [0.29, 0.717) is 5.92 Å². The van der Waals surface area contributed by atoms with Crippen molar-refractivity contribution in [3.8, 4) is 0 Å². The van der Waals surface area contributed by atoms with Gasteiger partial charge in [-0.05, 0) is 12.8 Å². The van der Waals surface area contributed by atoms with Crippen LogP contribution in [0.25, 0.3) is 5.65 Å². The molecular formula is C14H20BN5O2. The van der Waals surface area contributed by atoms with Crippen LogP contribution in [-0.4, -0.2) is 66.9 Å². The van der Waals surface area contributed by atoms with Crippen molar-refractivity contribution in [2.45, 2.75) is 18.8 Å². The second-order valence-electron chi connectivity index (χ2n) is 5.93. The molecule has 2 aromatic rings. The number of hydrogen-bond acceptors (Lipinski definition) is 6. The van der Waals surface area contributed by atoms with E-state index in [1.807, 2.05) is 18.6 Å². The maximum absolute atomic E-state index is 5.44. The molecule has 22 heavy (non-hydrogen) atoms. The number of anilines is 1. The van der Waals surface area contributed by atoms with Crippen molar-refractivity contribution in [2.24, 2.45) is 0 Å². The molecule has 2 aliphatic heterocycles. The van der Waals surface area contributed by atoms with E-state index in [4.69, 9.17) is 24.5 Å². The van der Waals surface area contributed by atoms with Gasteiger partial charge in [0.25, 0.3) is 0 Å². The normalized spacial score (nSPS) is 20.6. The zero-order valence-corrected chi connectivity index (χ0v) is 12.9. The fourth-order valence-corrected chi connectivity index (χ4v) is 3.12. The number of morpholine rings is 1. The van der Waals surface area contributed by atoms with Gasteiger partial charge < -0.3 is 14.4 Å². The van der Waals surface area contributed by atoms with Crippen LogP contribution >= 0.6 is 0 Å². The van der Waals surface area contributed by atoms with Crippen molar-refractivity contribution in [3.63, 3.8) is 0 Å². The highest BCUT2D eigenvalue weighted by Crippen LogP contribution is 2.26. The summed E-state index contributed by atoms with van der Waals surface area (Å²) in [4.78, 5) is 11.8.